The molecule has 0 aliphatic heterocycles. The number of aryl methyl sites for hydroxylation is 1. The van der Waals surface area contributed by atoms with Crippen LogP contribution < -0.4 is 5.56 Å². The van der Waals surface area contributed by atoms with Crippen molar-refractivity contribution >= 4 is 22.8 Å². The molecule has 2 heterocycles. The predicted molar refractivity (Wildman–Crippen MR) is 51.0 cm³/mol. The van der Waals surface area contributed by atoms with Gasteiger partial charge < -0.3 is 4.98 Å². The summed E-state index contributed by atoms with van der Waals surface area (Å²) >= 11 is 1.42. The van der Waals surface area contributed by atoms with Gasteiger partial charge in [-0.15, -0.1) is 11.8 Å². The van der Waals surface area contributed by atoms with E-state index in [1.165, 1.54) is 11.8 Å². The van der Waals surface area contributed by atoms with Crippen LogP contribution in [0.4, 0.5) is 0 Å². The first kappa shape index (κ1) is 8.31. The van der Waals surface area contributed by atoms with Crippen LogP contribution in [0.25, 0.3) is 11.0 Å². The van der Waals surface area contributed by atoms with Crippen molar-refractivity contribution in [2.75, 3.05) is 6.26 Å². The molecule has 2 aromatic rings. The van der Waals surface area contributed by atoms with Crippen LogP contribution >= 0.6 is 11.8 Å². The highest BCUT2D eigenvalue weighted by Gasteiger charge is 2.09. The standard InChI is InChI=1S/C7H8N4OS/c1-3-8-5-4(6(12)9-3)7(13-2)11-10-5/h1-2H3,(H2,8,9,10,11,12). The fourth-order valence-corrected chi connectivity index (χ4v) is 1.70. The van der Waals surface area contributed by atoms with Crippen molar-refractivity contribution < 1.29 is 0 Å². The molecule has 2 rings (SSSR count). The summed E-state index contributed by atoms with van der Waals surface area (Å²) in [5, 5.41) is 7.91. The second-order valence-corrected chi connectivity index (χ2v) is 3.40. The first-order chi connectivity index (χ1) is 6.22. The van der Waals surface area contributed by atoms with Gasteiger partial charge in [-0.3, -0.25) is 9.89 Å². The van der Waals surface area contributed by atoms with E-state index >= 15 is 0 Å². The lowest BCUT2D eigenvalue weighted by atomic mass is 10.4. The lowest BCUT2D eigenvalue weighted by molar-refractivity contribution is 1.01. The minimum absolute atomic E-state index is 0.138. The van der Waals surface area contributed by atoms with Crippen LogP contribution in [0.2, 0.25) is 0 Å². The van der Waals surface area contributed by atoms with Crippen LogP contribution in [0, 0.1) is 6.92 Å². The Morgan fingerprint density at radius 3 is 2.92 bits per heavy atom. The summed E-state index contributed by atoms with van der Waals surface area (Å²) in [5.74, 6) is 0.591. The molecule has 0 aliphatic rings. The summed E-state index contributed by atoms with van der Waals surface area (Å²) in [5.41, 5.74) is 0.409. The Kier molecular flexibility index (Phi) is 1.84. The lowest BCUT2D eigenvalue weighted by Crippen LogP contribution is -2.09. The van der Waals surface area contributed by atoms with E-state index in [2.05, 4.69) is 20.2 Å². The van der Waals surface area contributed by atoms with Gasteiger partial charge >= 0.3 is 0 Å². The highest BCUT2D eigenvalue weighted by Crippen LogP contribution is 2.17. The summed E-state index contributed by atoms with van der Waals surface area (Å²) in [6.07, 6.45) is 1.87. The molecule has 6 heteroatoms. The molecular formula is C7H8N4OS. The Morgan fingerprint density at radius 1 is 1.46 bits per heavy atom. The monoisotopic (exact) mass is 196 g/mol. The molecule has 0 saturated heterocycles. The third-order valence-electron chi connectivity index (χ3n) is 1.71. The number of hydrogen-bond acceptors (Lipinski definition) is 4. The first-order valence-corrected chi connectivity index (χ1v) is 4.94. The van der Waals surface area contributed by atoms with Crippen LogP contribution in [-0.2, 0) is 0 Å². The summed E-state index contributed by atoms with van der Waals surface area (Å²) < 4.78 is 0. The van der Waals surface area contributed by atoms with Gasteiger partial charge in [-0.1, -0.05) is 0 Å². The lowest BCUT2D eigenvalue weighted by Gasteiger charge is -1.92. The molecule has 2 N–H and O–H groups in total. The van der Waals surface area contributed by atoms with Gasteiger partial charge in [-0.25, -0.2) is 4.98 Å². The molecule has 0 aromatic carbocycles. The predicted octanol–water partition coefficient (Wildman–Crippen LogP) is 0.677. The Balaban J connectivity index is 2.90. The molecule has 13 heavy (non-hydrogen) atoms. The largest absolute Gasteiger partial charge is 0.310 e. The number of aromatic amines is 2. The van der Waals surface area contributed by atoms with E-state index in [0.717, 1.165) is 0 Å². The first-order valence-electron chi connectivity index (χ1n) is 3.71. The van der Waals surface area contributed by atoms with Crippen molar-refractivity contribution in [1.82, 2.24) is 20.2 Å². The van der Waals surface area contributed by atoms with Gasteiger partial charge in [0.25, 0.3) is 5.56 Å². The summed E-state index contributed by atoms with van der Waals surface area (Å²) in [4.78, 5) is 18.2. The number of H-pyrrole nitrogens is 2. The average molecular weight is 196 g/mol. The molecule has 0 radical (unpaired) electrons. The van der Waals surface area contributed by atoms with Crippen molar-refractivity contribution in [2.24, 2.45) is 0 Å². The van der Waals surface area contributed by atoms with Crippen molar-refractivity contribution in [3.63, 3.8) is 0 Å². The second kappa shape index (κ2) is 2.88. The number of aromatic nitrogens is 4. The molecule has 0 aliphatic carbocycles. The number of nitrogens with one attached hydrogen (secondary N) is 2. The van der Waals surface area contributed by atoms with E-state index < -0.39 is 0 Å². The normalized spacial score (nSPS) is 10.9. The van der Waals surface area contributed by atoms with Crippen molar-refractivity contribution in [2.45, 2.75) is 11.9 Å². The minimum atomic E-state index is -0.138. The molecule has 5 nitrogen and oxygen atoms in total. The highest BCUT2D eigenvalue weighted by atomic mass is 32.2. The van der Waals surface area contributed by atoms with E-state index in [9.17, 15) is 4.79 Å². The molecule has 68 valence electrons. The number of fused-ring (bicyclic) bond motifs is 1. The Labute approximate surface area is 78.0 Å². The van der Waals surface area contributed by atoms with Gasteiger partial charge in [0.05, 0.1) is 0 Å². The fourth-order valence-electron chi connectivity index (χ4n) is 1.17. The third kappa shape index (κ3) is 1.23. The van der Waals surface area contributed by atoms with Gasteiger partial charge in [-0.05, 0) is 13.2 Å². The maximum Gasteiger partial charge on any atom is 0.263 e. The van der Waals surface area contributed by atoms with Crippen LogP contribution in [0.3, 0.4) is 0 Å². The molecule has 0 bridgehead atoms. The zero-order valence-corrected chi connectivity index (χ0v) is 8.03. The number of thioether (sulfide) groups is 1. The van der Waals surface area contributed by atoms with Crippen LogP contribution in [0.15, 0.2) is 9.82 Å². The van der Waals surface area contributed by atoms with Gasteiger partial charge in [0, 0.05) is 0 Å². The topological polar surface area (TPSA) is 74.4 Å². The molecule has 0 saturated carbocycles. The zero-order valence-electron chi connectivity index (χ0n) is 7.21. The molecule has 0 atom stereocenters. The molecule has 0 amide bonds. The zero-order chi connectivity index (χ0) is 9.42. The summed E-state index contributed by atoms with van der Waals surface area (Å²) in [6.45, 7) is 1.74. The van der Waals surface area contributed by atoms with E-state index in [1.807, 2.05) is 6.26 Å². The molecule has 0 unspecified atom stereocenters. The molecule has 0 fully saturated rings. The maximum absolute atomic E-state index is 11.5. The van der Waals surface area contributed by atoms with E-state index in [0.29, 0.717) is 21.9 Å². The van der Waals surface area contributed by atoms with E-state index in [-0.39, 0.29) is 5.56 Å². The smallest absolute Gasteiger partial charge is 0.263 e. The molecular weight excluding hydrogens is 188 g/mol. The Hall–Kier alpha value is -1.30. The Bertz CT molecular complexity index is 501. The van der Waals surface area contributed by atoms with Crippen LogP contribution in [0.5, 0.6) is 0 Å². The van der Waals surface area contributed by atoms with Gasteiger partial charge in [0.15, 0.2) is 5.65 Å². The Morgan fingerprint density at radius 2 is 2.23 bits per heavy atom. The number of nitrogens with zero attached hydrogens (tertiary/aromatic N) is 2. The molecule has 2 aromatic heterocycles. The number of rotatable bonds is 1. The van der Waals surface area contributed by atoms with Crippen molar-refractivity contribution in [1.29, 1.82) is 0 Å². The van der Waals surface area contributed by atoms with E-state index in [4.69, 9.17) is 0 Å². The van der Waals surface area contributed by atoms with Gasteiger partial charge in [0.1, 0.15) is 16.2 Å². The van der Waals surface area contributed by atoms with Crippen molar-refractivity contribution in [3.8, 4) is 0 Å². The second-order valence-electron chi connectivity index (χ2n) is 2.61. The SMILES string of the molecule is CSc1n[nH]c2nc(C)[nH]c(=O)c12. The van der Waals surface area contributed by atoms with Crippen LogP contribution in [0.1, 0.15) is 5.82 Å². The third-order valence-corrected chi connectivity index (χ3v) is 2.39. The van der Waals surface area contributed by atoms with Crippen LogP contribution in [-0.4, -0.2) is 26.4 Å². The summed E-state index contributed by atoms with van der Waals surface area (Å²) in [7, 11) is 0. The summed E-state index contributed by atoms with van der Waals surface area (Å²) in [6, 6.07) is 0. The number of hydrogen-bond donors (Lipinski definition) is 2. The van der Waals surface area contributed by atoms with Gasteiger partial charge in [-0.2, -0.15) is 5.10 Å². The van der Waals surface area contributed by atoms with Crippen molar-refractivity contribution in [3.05, 3.63) is 16.2 Å². The van der Waals surface area contributed by atoms with Gasteiger partial charge in [0.2, 0.25) is 0 Å². The maximum atomic E-state index is 11.5. The minimum Gasteiger partial charge on any atom is -0.310 e. The average Bonchev–Trinajstić information content (AvgIpc) is 2.47. The fraction of sp³-hybridized carbons (Fsp3) is 0.286. The van der Waals surface area contributed by atoms with E-state index in [1.54, 1.807) is 6.92 Å². The molecule has 0 spiro atoms. The quantitative estimate of drug-likeness (QED) is 0.657. The highest BCUT2D eigenvalue weighted by molar-refractivity contribution is 7.98.